The maximum atomic E-state index is 13.2. The number of para-hydroxylation sites is 2. The number of piperazine rings is 1. The SMILES string of the molecule is COc1ccccc1N1CCN(c2ccc(NC(=O)Nc3cccc(C)c3C)cc2C(=O)NC(C)C)CC1. The van der Waals surface area contributed by atoms with E-state index in [1.54, 1.807) is 13.2 Å². The highest BCUT2D eigenvalue weighted by Gasteiger charge is 2.24. The number of anilines is 4. The van der Waals surface area contributed by atoms with Crippen LogP contribution in [0.4, 0.5) is 27.5 Å². The zero-order chi connectivity index (χ0) is 27.2. The maximum absolute atomic E-state index is 13.2. The average Bonchev–Trinajstić information content (AvgIpc) is 2.91. The molecule has 0 aromatic heterocycles. The smallest absolute Gasteiger partial charge is 0.323 e. The van der Waals surface area contributed by atoms with E-state index >= 15 is 0 Å². The first kappa shape index (κ1) is 26.9. The third-order valence-corrected chi connectivity index (χ3v) is 6.82. The number of carbonyl (C=O) groups excluding carboxylic acids is 2. The first-order valence-electron chi connectivity index (χ1n) is 13.0. The van der Waals surface area contributed by atoms with Gasteiger partial charge in [-0.2, -0.15) is 0 Å². The van der Waals surface area contributed by atoms with E-state index in [-0.39, 0.29) is 18.0 Å². The number of hydrogen-bond acceptors (Lipinski definition) is 5. The van der Waals surface area contributed by atoms with Crippen LogP contribution in [0.5, 0.6) is 5.75 Å². The molecule has 1 aliphatic heterocycles. The summed E-state index contributed by atoms with van der Waals surface area (Å²) in [5.74, 6) is 0.688. The van der Waals surface area contributed by atoms with Gasteiger partial charge in [0, 0.05) is 49.3 Å². The predicted molar refractivity (Wildman–Crippen MR) is 155 cm³/mol. The van der Waals surface area contributed by atoms with Gasteiger partial charge in [-0.25, -0.2) is 4.79 Å². The number of urea groups is 1. The zero-order valence-corrected chi connectivity index (χ0v) is 22.8. The largest absolute Gasteiger partial charge is 0.495 e. The molecule has 0 aliphatic carbocycles. The van der Waals surface area contributed by atoms with Crippen LogP contribution in [0.3, 0.4) is 0 Å². The Kier molecular flexibility index (Phi) is 8.41. The highest BCUT2D eigenvalue weighted by molar-refractivity contribution is 6.04. The minimum absolute atomic E-state index is 0.0121. The molecule has 38 heavy (non-hydrogen) atoms. The Morgan fingerprint density at radius 3 is 2.21 bits per heavy atom. The van der Waals surface area contributed by atoms with Gasteiger partial charge in [0.1, 0.15) is 5.75 Å². The van der Waals surface area contributed by atoms with E-state index in [0.29, 0.717) is 11.3 Å². The number of benzene rings is 3. The quantitative estimate of drug-likeness (QED) is 0.391. The van der Waals surface area contributed by atoms with Crippen molar-refractivity contribution in [2.75, 3.05) is 53.7 Å². The standard InChI is InChI=1S/C30H37N5O3/c1-20(2)31-29(36)24-19-23(32-30(37)33-25-10-8-9-21(3)22(25)4)13-14-26(24)34-15-17-35(18-16-34)27-11-6-7-12-28(27)38-5/h6-14,19-20H,15-18H2,1-5H3,(H,31,36)(H2,32,33,37). The number of methoxy groups -OCH3 is 1. The number of carbonyl (C=O) groups is 2. The van der Waals surface area contributed by atoms with Crippen molar-refractivity contribution in [3.63, 3.8) is 0 Å². The molecule has 1 aliphatic rings. The first-order chi connectivity index (χ1) is 18.3. The van der Waals surface area contributed by atoms with E-state index < -0.39 is 0 Å². The fourth-order valence-corrected chi connectivity index (χ4v) is 4.66. The molecule has 0 saturated carbocycles. The summed E-state index contributed by atoms with van der Waals surface area (Å²) in [7, 11) is 1.69. The van der Waals surface area contributed by atoms with E-state index in [1.165, 1.54) is 0 Å². The molecule has 0 radical (unpaired) electrons. The van der Waals surface area contributed by atoms with Gasteiger partial charge in [0.05, 0.1) is 18.4 Å². The molecule has 200 valence electrons. The van der Waals surface area contributed by atoms with E-state index in [9.17, 15) is 9.59 Å². The van der Waals surface area contributed by atoms with Gasteiger partial charge in [-0.15, -0.1) is 0 Å². The Morgan fingerprint density at radius 2 is 1.53 bits per heavy atom. The van der Waals surface area contributed by atoms with Crippen LogP contribution in [0.1, 0.15) is 35.3 Å². The molecule has 3 N–H and O–H groups in total. The van der Waals surface area contributed by atoms with Gasteiger partial charge in [0.15, 0.2) is 0 Å². The molecule has 1 heterocycles. The van der Waals surface area contributed by atoms with Crippen molar-refractivity contribution in [2.45, 2.75) is 33.7 Å². The Labute approximate surface area is 225 Å². The molecule has 8 nitrogen and oxygen atoms in total. The molecule has 1 saturated heterocycles. The van der Waals surface area contributed by atoms with Gasteiger partial charge in [-0.3, -0.25) is 4.79 Å². The lowest BCUT2D eigenvalue weighted by Crippen LogP contribution is -2.47. The van der Waals surface area contributed by atoms with Gasteiger partial charge in [0.25, 0.3) is 5.91 Å². The highest BCUT2D eigenvalue weighted by atomic mass is 16.5. The van der Waals surface area contributed by atoms with E-state index in [4.69, 9.17) is 4.74 Å². The minimum atomic E-state index is -0.355. The van der Waals surface area contributed by atoms with Crippen molar-refractivity contribution >= 4 is 34.7 Å². The fourth-order valence-electron chi connectivity index (χ4n) is 4.66. The summed E-state index contributed by atoms with van der Waals surface area (Å²) in [6.45, 7) is 10.9. The molecule has 3 aromatic carbocycles. The molecule has 4 rings (SSSR count). The van der Waals surface area contributed by atoms with E-state index in [1.807, 2.05) is 76.2 Å². The molecule has 0 bridgehead atoms. The molecular formula is C30H37N5O3. The van der Waals surface area contributed by atoms with Crippen molar-refractivity contribution in [1.29, 1.82) is 0 Å². The van der Waals surface area contributed by atoms with Gasteiger partial charge >= 0.3 is 6.03 Å². The molecular weight excluding hydrogens is 478 g/mol. The van der Waals surface area contributed by atoms with Gasteiger partial charge in [0.2, 0.25) is 0 Å². The van der Waals surface area contributed by atoms with E-state index in [0.717, 1.165) is 60.1 Å². The van der Waals surface area contributed by atoms with Crippen molar-refractivity contribution in [3.8, 4) is 5.75 Å². The number of aryl methyl sites for hydroxylation is 1. The summed E-state index contributed by atoms with van der Waals surface area (Å²) in [6, 6.07) is 19.0. The zero-order valence-electron chi connectivity index (χ0n) is 22.8. The number of nitrogens with zero attached hydrogens (tertiary/aromatic N) is 2. The van der Waals surface area contributed by atoms with Crippen LogP contribution in [0.25, 0.3) is 0 Å². The lowest BCUT2D eigenvalue weighted by Gasteiger charge is -2.38. The van der Waals surface area contributed by atoms with Crippen LogP contribution >= 0.6 is 0 Å². The van der Waals surface area contributed by atoms with Crippen molar-refractivity contribution in [3.05, 3.63) is 77.4 Å². The van der Waals surface area contributed by atoms with Crippen LogP contribution in [0.2, 0.25) is 0 Å². The second-order valence-electron chi connectivity index (χ2n) is 9.83. The van der Waals surface area contributed by atoms with Crippen molar-refractivity contribution in [2.24, 2.45) is 0 Å². The van der Waals surface area contributed by atoms with Crippen LogP contribution < -0.4 is 30.5 Å². The van der Waals surface area contributed by atoms with Crippen LogP contribution in [0, 0.1) is 13.8 Å². The average molecular weight is 516 g/mol. The number of amides is 3. The molecule has 3 amide bonds. The Bertz CT molecular complexity index is 1300. The second kappa shape index (κ2) is 11.9. The fraction of sp³-hybridized carbons (Fsp3) is 0.333. The second-order valence-corrected chi connectivity index (χ2v) is 9.83. The summed E-state index contributed by atoms with van der Waals surface area (Å²) in [5.41, 5.74) is 5.88. The first-order valence-corrected chi connectivity index (χ1v) is 13.0. The monoisotopic (exact) mass is 515 g/mol. The van der Waals surface area contributed by atoms with Crippen molar-refractivity contribution in [1.82, 2.24) is 5.32 Å². The van der Waals surface area contributed by atoms with E-state index in [2.05, 4.69) is 31.8 Å². The highest BCUT2D eigenvalue weighted by Crippen LogP contribution is 2.31. The van der Waals surface area contributed by atoms with Crippen molar-refractivity contribution < 1.29 is 14.3 Å². The Hall–Kier alpha value is -4.20. The number of nitrogens with one attached hydrogen (secondary N) is 3. The van der Waals surface area contributed by atoms with Gasteiger partial charge in [-0.1, -0.05) is 24.3 Å². The molecule has 0 spiro atoms. The Morgan fingerprint density at radius 1 is 0.842 bits per heavy atom. The molecule has 3 aromatic rings. The van der Waals surface area contributed by atoms with Gasteiger partial charge < -0.3 is 30.5 Å². The summed E-state index contributed by atoms with van der Waals surface area (Å²) in [5, 5.41) is 8.80. The normalized spacial score (nSPS) is 13.3. The van der Waals surface area contributed by atoms with Crippen LogP contribution in [-0.4, -0.2) is 51.3 Å². The lowest BCUT2D eigenvalue weighted by atomic mass is 10.1. The van der Waals surface area contributed by atoms with Crippen LogP contribution in [0.15, 0.2) is 60.7 Å². The number of rotatable bonds is 7. The Balaban J connectivity index is 1.52. The van der Waals surface area contributed by atoms with Crippen LogP contribution in [-0.2, 0) is 0 Å². The molecule has 1 fully saturated rings. The third kappa shape index (κ3) is 6.19. The summed E-state index contributed by atoms with van der Waals surface area (Å²) in [6.07, 6.45) is 0. The third-order valence-electron chi connectivity index (χ3n) is 6.82. The molecule has 0 unspecified atom stereocenters. The maximum Gasteiger partial charge on any atom is 0.323 e. The summed E-state index contributed by atoms with van der Waals surface area (Å²) in [4.78, 5) is 30.5. The topological polar surface area (TPSA) is 85.9 Å². The predicted octanol–water partition coefficient (Wildman–Crippen LogP) is 5.42. The number of ether oxygens (including phenoxy) is 1. The molecule has 8 heteroatoms. The summed E-state index contributed by atoms with van der Waals surface area (Å²) < 4.78 is 5.54. The minimum Gasteiger partial charge on any atom is -0.495 e. The summed E-state index contributed by atoms with van der Waals surface area (Å²) >= 11 is 0. The lowest BCUT2D eigenvalue weighted by molar-refractivity contribution is 0.0943. The van der Waals surface area contributed by atoms with Gasteiger partial charge in [-0.05, 0) is 75.2 Å². The number of hydrogen-bond donors (Lipinski definition) is 3. The molecule has 0 atom stereocenters.